The highest BCUT2D eigenvalue weighted by atomic mass is 79.9. The minimum Gasteiger partial charge on any atom is -0.422 e. The standard InChI is InChI=1S/C16H16BrNO5/c1-15(2)22-13(20)16(8-19,14(21)23-15)6-9-7-18-12-4-3-10(17)5-11(9)12/h3-5,7,18-19H,6,8H2,1-2H3. The molecule has 1 fully saturated rings. The third-order valence-electron chi connectivity index (χ3n) is 3.95. The van der Waals surface area contributed by atoms with Crippen LogP contribution in [0.5, 0.6) is 0 Å². The van der Waals surface area contributed by atoms with Crippen LogP contribution in [-0.4, -0.2) is 34.4 Å². The zero-order valence-electron chi connectivity index (χ0n) is 12.7. The Morgan fingerprint density at radius 1 is 1.22 bits per heavy atom. The average molecular weight is 382 g/mol. The van der Waals surface area contributed by atoms with Crippen molar-refractivity contribution in [3.63, 3.8) is 0 Å². The van der Waals surface area contributed by atoms with Crippen molar-refractivity contribution in [1.82, 2.24) is 4.98 Å². The summed E-state index contributed by atoms with van der Waals surface area (Å²) in [5.74, 6) is -2.87. The molecule has 1 saturated heterocycles. The van der Waals surface area contributed by atoms with E-state index in [1.165, 1.54) is 13.8 Å². The van der Waals surface area contributed by atoms with Gasteiger partial charge in [0.1, 0.15) is 0 Å². The molecule has 1 aromatic heterocycles. The number of ether oxygens (including phenoxy) is 2. The van der Waals surface area contributed by atoms with Crippen LogP contribution in [0.3, 0.4) is 0 Å². The third kappa shape index (κ3) is 2.64. The van der Waals surface area contributed by atoms with Gasteiger partial charge in [-0.25, -0.2) is 0 Å². The van der Waals surface area contributed by atoms with Gasteiger partial charge in [-0.2, -0.15) is 0 Å². The molecule has 2 heterocycles. The molecule has 0 atom stereocenters. The molecule has 23 heavy (non-hydrogen) atoms. The Kier molecular flexibility index (Phi) is 3.72. The van der Waals surface area contributed by atoms with Crippen molar-refractivity contribution in [3.8, 4) is 0 Å². The van der Waals surface area contributed by atoms with Gasteiger partial charge in [-0.1, -0.05) is 15.9 Å². The number of benzene rings is 1. The molecule has 0 unspecified atom stereocenters. The lowest BCUT2D eigenvalue weighted by molar-refractivity contribution is -0.253. The van der Waals surface area contributed by atoms with Gasteiger partial charge in [0.15, 0.2) is 5.41 Å². The van der Waals surface area contributed by atoms with E-state index in [9.17, 15) is 14.7 Å². The molecule has 0 spiro atoms. The number of rotatable bonds is 3. The van der Waals surface area contributed by atoms with Crippen LogP contribution in [0.2, 0.25) is 0 Å². The number of nitrogens with one attached hydrogen (secondary N) is 1. The molecule has 2 aromatic rings. The van der Waals surface area contributed by atoms with Crippen molar-refractivity contribution < 1.29 is 24.2 Å². The van der Waals surface area contributed by atoms with Crippen molar-refractivity contribution in [2.45, 2.75) is 26.1 Å². The highest BCUT2D eigenvalue weighted by Gasteiger charge is 2.56. The van der Waals surface area contributed by atoms with Gasteiger partial charge in [0, 0.05) is 41.8 Å². The van der Waals surface area contributed by atoms with Crippen molar-refractivity contribution >= 4 is 38.8 Å². The van der Waals surface area contributed by atoms with Crippen LogP contribution in [-0.2, 0) is 25.5 Å². The summed E-state index contributed by atoms with van der Waals surface area (Å²) in [4.78, 5) is 27.9. The summed E-state index contributed by atoms with van der Waals surface area (Å²) < 4.78 is 11.2. The van der Waals surface area contributed by atoms with Gasteiger partial charge < -0.3 is 19.6 Å². The fraction of sp³-hybridized carbons (Fsp3) is 0.375. The highest BCUT2D eigenvalue weighted by molar-refractivity contribution is 9.10. The first-order chi connectivity index (χ1) is 10.8. The minimum absolute atomic E-state index is 0.00625. The zero-order valence-corrected chi connectivity index (χ0v) is 14.3. The molecule has 3 rings (SSSR count). The molecule has 7 heteroatoms. The number of aliphatic hydroxyl groups is 1. The highest BCUT2D eigenvalue weighted by Crippen LogP contribution is 2.37. The van der Waals surface area contributed by atoms with E-state index in [1.54, 1.807) is 6.20 Å². The van der Waals surface area contributed by atoms with Crippen molar-refractivity contribution in [2.75, 3.05) is 6.61 Å². The molecule has 6 nitrogen and oxygen atoms in total. The Labute approximate surface area is 140 Å². The van der Waals surface area contributed by atoms with E-state index in [-0.39, 0.29) is 6.42 Å². The molecule has 0 radical (unpaired) electrons. The number of H-pyrrole nitrogens is 1. The number of cyclic esters (lactones) is 2. The van der Waals surface area contributed by atoms with Gasteiger partial charge in [-0.15, -0.1) is 0 Å². The van der Waals surface area contributed by atoms with Gasteiger partial charge in [0.25, 0.3) is 5.79 Å². The zero-order chi connectivity index (χ0) is 16.8. The number of hydrogen-bond donors (Lipinski definition) is 2. The summed E-state index contributed by atoms with van der Waals surface area (Å²) in [5, 5.41) is 10.6. The molecule has 0 bridgehead atoms. The van der Waals surface area contributed by atoms with Gasteiger partial charge >= 0.3 is 11.9 Å². The first kappa shape index (κ1) is 16.0. The number of aliphatic hydroxyl groups excluding tert-OH is 1. The lowest BCUT2D eigenvalue weighted by Crippen LogP contribution is -2.56. The number of aromatic nitrogens is 1. The normalized spacial score (nSPS) is 19.5. The number of fused-ring (bicyclic) bond motifs is 1. The van der Waals surface area contributed by atoms with E-state index in [0.717, 1.165) is 20.9 Å². The molecule has 0 amide bonds. The lowest BCUT2D eigenvalue weighted by Gasteiger charge is -2.39. The third-order valence-corrected chi connectivity index (χ3v) is 4.44. The Balaban J connectivity index is 2.02. The summed E-state index contributed by atoms with van der Waals surface area (Å²) in [7, 11) is 0. The number of hydrogen-bond acceptors (Lipinski definition) is 5. The maximum absolute atomic E-state index is 12.4. The predicted molar refractivity (Wildman–Crippen MR) is 85.5 cm³/mol. The molecule has 122 valence electrons. The Bertz CT molecular complexity index is 775. The summed E-state index contributed by atoms with van der Waals surface area (Å²) in [6, 6.07) is 5.65. The number of carbonyl (C=O) groups is 2. The fourth-order valence-corrected chi connectivity index (χ4v) is 3.06. The van der Waals surface area contributed by atoms with Crippen LogP contribution in [0.1, 0.15) is 19.4 Å². The van der Waals surface area contributed by atoms with Crippen LogP contribution in [0.15, 0.2) is 28.9 Å². The maximum Gasteiger partial charge on any atom is 0.329 e. The van der Waals surface area contributed by atoms with Gasteiger partial charge in [0.05, 0.1) is 6.61 Å². The summed E-state index contributed by atoms with van der Waals surface area (Å²) in [5.41, 5.74) is -0.148. The second kappa shape index (κ2) is 5.35. The average Bonchev–Trinajstić information content (AvgIpc) is 2.84. The van der Waals surface area contributed by atoms with Crippen LogP contribution in [0.25, 0.3) is 10.9 Å². The number of aromatic amines is 1. The van der Waals surface area contributed by atoms with Gasteiger partial charge in [-0.05, 0) is 23.8 Å². The second-order valence-electron chi connectivity index (χ2n) is 6.10. The molecule has 1 aliphatic rings. The number of carbonyl (C=O) groups excluding carboxylic acids is 2. The Morgan fingerprint density at radius 3 is 2.48 bits per heavy atom. The van der Waals surface area contributed by atoms with E-state index < -0.39 is 29.7 Å². The maximum atomic E-state index is 12.4. The van der Waals surface area contributed by atoms with Gasteiger partial charge in [-0.3, -0.25) is 9.59 Å². The molecule has 0 aliphatic carbocycles. The monoisotopic (exact) mass is 381 g/mol. The van der Waals surface area contributed by atoms with E-state index >= 15 is 0 Å². The second-order valence-corrected chi connectivity index (χ2v) is 7.02. The Morgan fingerprint density at radius 2 is 1.87 bits per heavy atom. The topological polar surface area (TPSA) is 88.6 Å². The quantitative estimate of drug-likeness (QED) is 0.628. The number of halogens is 1. The van der Waals surface area contributed by atoms with Crippen LogP contribution < -0.4 is 0 Å². The van der Waals surface area contributed by atoms with E-state index in [4.69, 9.17) is 9.47 Å². The summed E-state index contributed by atoms with van der Waals surface area (Å²) in [6.07, 6.45) is 1.71. The van der Waals surface area contributed by atoms with Crippen molar-refractivity contribution in [2.24, 2.45) is 5.41 Å². The molecule has 2 N–H and O–H groups in total. The van der Waals surface area contributed by atoms with Crippen molar-refractivity contribution in [3.05, 3.63) is 34.4 Å². The van der Waals surface area contributed by atoms with Crippen LogP contribution >= 0.6 is 15.9 Å². The molecular formula is C16H16BrNO5. The largest absolute Gasteiger partial charge is 0.422 e. The Hall–Kier alpha value is -1.86. The summed E-state index contributed by atoms with van der Waals surface area (Å²) >= 11 is 3.40. The lowest BCUT2D eigenvalue weighted by atomic mass is 9.81. The first-order valence-electron chi connectivity index (χ1n) is 7.11. The van der Waals surface area contributed by atoms with E-state index in [0.29, 0.717) is 0 Å². The summed E-state index contributed by atoms with van der Waals surface area (Å²) in [6.45, 7) is 2.28. The number of esters is 2. The van der Waals surface area contributed by atoms with Crippen molar-refractivity contribution in [1.29, 1.82) is 0 Å². The first-order valence-corrected chi connectivity index (χ1v) is 7.90. The van der Waals surface area contributed by atoms with Crippen LogP contribution in [0.4, 0.5) is 0 Å². The van der Waals surface area contributed by atoms with Crippen LogP contribution in [0, 0.1) is 5.41 Å². The SMILES string of the molecule is CC1(C)OC(=O)C(CO)(Cc2c[nH]c3ccc(Br)cc23)C(=O)O1. The van der Waals surface area contributed by atoms with E-state index in [2.05, 4.69) is 20.9 Å². The minimum atomic E-state index is -1.74. The predicted octanol–water partition coefficient (Wildman–Crippen LogP) is 2.29. The van der Waals surface area contributed by atoms with E-state index in [1.807, 2.05) is 18.2 Å². The molecule has 1 aliphatic heterocycles. The fourth-order valence-electron chi connectivity index (χ4n) is 2.70. The van der Waals surface area contributed by atoms with Gasteiger partial charge in [0.2, 0.25) is 0 Å². The molecule has 1 aromatic carbocycles. The molecular weight excluding hydrogens is 366 g/mol. The molecule has 0 saturated carbocycles. The smallest absolute Gasteiger partial charge is 0.329 e.